The van der Waals surface area contributed by atoms with E-state index in [1.54, 1.807) is 0 Å². The van der Waals surface area contributed by atoms with Gasteiger partial charge in [0.1, 0.15) is 5.92 Å². The van der Waals surface area contributed by atoms with Crippen LogP contribution in [0.2, 0.25) is 0 Å². The van der Waals surface area contributed by atoms with E-state index in [1.165, 1.54) is 0 Å². The van der Waals surface area contributed by atoms with Crippen molar-refractivity contribution in [1.82, 2.24) is 0 Å². The van der Waals surface area contributed by atoms with Gasteiger partial charge in [0.15, 0.2) is 0 Å². The van der Waals surface area contributed by atoms with E-state index in [0.717, 1.165) is 7.11 Å². The second-order valence-electron chi connectivity index (χ2n) is 2.52. The Labute approximate surface area is 74.7 Å². The van der Waals surface area contributed by atoms with Crippen molar-refractivity contribution in [3.05, 3.63) is 0 Å². The van der Waals surface area contributed by atoms with Crippen LogP contribution in [0, 0.1) is 11.8 Å². The van der Waals surface area contributed by atoms with Gasteiger partial charge in [-0.05, 0) is 0 Å². The molecule has 2 N–H and O–H groups in total. The van der Waals surface area contributed by atoms with Gasteiger partial charge < -0.3 is 10.5 Å². The third-order valence-corrected chi connectivity index (χ3v) is 1.91. The van der Waals surface area contributed by atoms with E-state index in [-0.39, 0.29) is 19.0 Å². The highest BCUT2D eigenvalue weighted by atomic mass is 35.5. The Morgan fingerprint density at radius 3 is 2.42 bits per heavy atom. The zero-order chi connectivity index (χ0) is 8.65. The minimum absolute atomic E-state index is 0. The highest BCUT2D eigenvalue weighted by Gasteiger charge is 2.71. The average molecular weight is 202 g/mol. The molecule has 0 heterocycles. The van der Waals surface area contributed by atoms with Crippen LogP contribution < -0.4 is 5.73 Å². The topological polar surface area (TPSA) is 52.3 Å². The lowest BCUT2D eigenvalue weighted by Crippen LogP contribution is -2.09. The first-order valence-corrected chi connectivity index (χ1v) is 3.21. The minimum Gasteiger partial charge on any atom is -0.469 e. The number of carbonyl (C=O) groups excluding carboxylic acids is 1. The van der Waals surface area contributed by atoms with Crippen LogP contribution >= 0.6 is 12.4 Å². The van der Waals surface area contributed by atoms with Gasteiger partial charge in [0.25, 0.3) is 5.92 Å². The number of esters is 1. The number of hydrogen-bond donors (Lipinski definition) is 1. The molecule has 1 aliphatic carbocycles. The normalized spacial score (nSPS) is 30.3. The number of methoxy groups -OCH3 is 1. The predicted molar refractivity (Wildman–Crippen MR) is 40.2 cm³/mol. The largest absolute Gasteiger partial charge is 0.469 e. The molecule has 0 radical (unpaired) electrons. The third kappa shape index (κ3) is 1.51. The van der Waals surface area contributed by atoms with Crippen molar-refractivity contribution >= 4 is 18.4 Å². The smallest absolute Gasteiger partial charge is 0.315 e. The number of alkyl halides is 2. The summed E-state index contributed by atoms with van der Waals surface area (Å²) in [6.07, 6.45) is 0. The van der Waals surface area contributed by atoms with Crippen molar-refractivity contribution in [2.75, 3.05) is 13.7 Å². The summed E-state index contributed by atoms with van der Waals surface area (Å²) >= 11 is 0. The maximum atomic E-state index is 12.5. The summed E-state index contributed by atoms with van der Waals surface area (Å²) < 4.78 is 29.2. The Morgan fingerprint density at radius 2 is 2.17 bits per heavy atom. The minimum atomic E-state index is -2.94. The zero-order valence-corrected chi connectivity index (χ0v) is 7.24. The van der Waals surface area contributed by atoms with Crippen LogP contribution in [0.25, 0.3) is 0 Å². The fraction of sp³-hybridized carbons (Fsp3) is 0.833. The van der Waals surface area contributed by atoms with Crippen LogP contribution in [0.15, 0.2) is 0 Å². The molecule has 0 aliphatic heterocycles. The summed E-state index contributed by atoms with van der Waals surface area (Å²) in [5, 5.41) is 0. The van der Waals surface area contributed by atoms with Crippen molar-refractivity contribution in [2.45, 2.75) is 5.92 Å². The number of ether oxygens (including phenoxy) is 1. The maximum Gasteiger partial charge on any atom is 0.315 e. The molecule has 6 heteroatoms. The lowest BCUT2D eigenvalue weighted by Gasteiger charge is -1.93. The Kier molecular flexibility index (Phi) is 3.41. The molecule has 0 bridgehead atoms. The highest BCUT2D eigenvalue weighted by molar-refractivity contribution is 5.85. The summed E-state index contributed by atoms with van der Waals surface area (Å²) in [6, 6.07) is 0. The zero-order valence-electron chi connectivity index (χ0n) is 6.42. The molecule has 0 aromatic carbocycles. The predicted octanol–water partition coefficient (Wildman–Crippen LogP) is 0.421. The molecule has 0 spiro atoms. The number of hydrogen-bond acceptors (Lipinski definition) is 3. The van der Waals surface area contributed by atoms with Gasteiger partial charge in [-0.25, -0.2) is 8.78 Å². The molecule has 3 nitrogen and oxygen atoms in total. The van der Waals surface area contributed by atoms with Gasteiger partial charge >= 0.3 is 5.97 Å². The lowest BCUT2D eigenvalue weighted by molar-refractivity contribution is -0.144. The first kappa shape index (κ1) is 11.6. The summed E-state index contributed by atoms with van der Waals surface area (Å²) in [5.41, 5.74) is 5.00. The van der Waals surface area contributed by atoms with Gasteiger partial charge in [0.2, 0.25) is 0 Å². The molecule has 0 unspecified atom stereocenters. The standard InChI is InChI=1S/C6H9F2NO2.ClH/c1-11-5(10)4-3(2-9)6(4,7)8;/h3-4H,2,9H2,1H3;1H/t3-,4-;/m0./s1. The van der Waals surface area contributed by atoms with Gasteiger partial charge in [0.05, 0.1) is 13.0 Å². The summed E-state index contributed by atoms with van der Waals surface area (Å²) in [5.74, 6) is -6.14. The lowest BCUT2D eigenvalue weighted by atomic mass is 10.3. The van der Waals surface area contributed by atoms with E-state index < -0.39 is 23.7 Å². The number of rotatable bonds is 2. The van der Waals surface area contributed by atoms with Crippen LogP contribution in [0.1, 0.15) is 0 Å². The highest BCUT2D eigenvalue weighted by Crippen LogP contribution is 2.54. The van der Waals surface area contributed by atoms with Crippen molar-refractivity contribution in [3.63, 3.8) is 0 Å². The molecule has 1 rings (SSSR count). The Bertz CT molecular complexity index is 188. The van der Waals surface area contributed by atoms with E-state index >= 15 is 0 Å². The SMILES string of the molecule is COC(=O)[C@@H]1[C@H](CN)C1(F)F.Cl. The third-order valence-electron chi connectivity index (χ3n) is 1.91. The Balaban J connectivity index is 0.00000121. The van der Waals surface area contributed by atoms with E-state index in [2.05, 4.69) is 4.74 Å². The van der Waals surface area contributed by atoms with Crippen LogP contribution in [-0.2, 0) is 9.53 Å². The molecule has 72 valence electrons. The molecule has 1 aliphatic rings. The summed E-state index contributed by atoms with van der Waals surface area (Å²) in [4.78, 5) is 10.6. The fourth-order valence-electron chi connectivity index (χ4n) is 1.13. The van der Waals surface area contributed by atoms with Crippen molar-refractivity contribution in [2.24, 2.45) is 17.6 Å². The molecule has 0 aromatic rings. The monoisotopic (exact) mass is 201 g/mol. The fourth-order valence-corrected chi connectivity index (χ4v) is 1.13. The van der Waals surface area contributed by atoms with E-state index in [4.69, 9.17) is 5.73 Å². The van der Waals surface area contributed by atoms with Gasteiger partial charge in [-0.3, -0.25) is 4.79 Å². The van der Waals surface area contributed by atoms with E-state index in [1.807, 2.05) is 0 Å². The first-order valence-electron chi connectivity index (χ1n) is 3.21. The van der Waals surface area contributed by atoms with E-state index in [0.29, 0.717) is 0 Å². The van der Waals surface area contributed by atoms with Gasteiger partial charge in [0, 0.05) is 6.54 Å². The van der Waals surface area contributed by atoms with Crippen molar-refractivity contribution in [3.8, 4) is 0 Å². The van der Waals surface area contributed by atoms with Crippen LogP contribution in [-0.4, -0.2) is 25.5 Å². The summed E-state index contributed by atoms with van der Waals surface area (Å²) in [6.45, 7) is -0.174. The van der Waals surface area contributed by atoms with Crippen LogP contribution in [0.3, 0.4) is 0 Å². The molecular weight excluding hydrogens is 192 g/mol. The van der Waals surface area contributed by atoms with E-state index in [9.17, 15) is 13.6 Å². The average Bonchev–Trinajstić information content (AvgIpc) is 2.51. The quantitative estimate of drug-likeness (QED) is 0.659. The van der Waals surface area contributed by atoms with Crippen molar-refractivity contribution in [1.29, 1.82) is 0 Å². The van der Waals surface area contributed by atoms with Gasteiger partial charge in [-0.15, -0.1) is 12.4 Å². The molecule has 0 saturated heterocycles. The molecule has 2 atom stereocenters. The molecule has 0 amide bonds. The summed E-state index contributed by atoms with van der Waals surface area (Å²) in [7, 11) is 1.09. The number of nitrogens with two attached hydrogens (primary N) is 1. The molecule has 12 heavy (non-hydrogen) atoms. The molecule has 1 saturated carbocycles. The van der Waals surface area contributed by atoms with Crippen LogP contribution in [0.5, 0.6) is 0 Å². The Hall–Kier alpha value is -0.420. The van der Waals surface area contributed by atoms with Crippen molar-refractivity contribution < 1.29 is 18.3 Å². The molecule has 0 aromatic heterocycles. The maximum absolute atomic E-state index is 12.5. The van der Waals surface area contributed by atoms with Gasteiger partial charge in [-0.1, -0.05) is 0 Å². The molecular formula is C6H10ClF2NO2. The Morgan fingerprint density at radius 1 is 1.67 bits per heavy atom. The first-order chi connectivity index (χ1) is 5.05. The molecule has 1 fully saturated rings. The second-order valence-corrected chi connectivity index (χ2v) is 2.52. The number of carbonyl (C=O) groups is 1. The van der Waals surface area contributed by atoms with Crippen LogP contribution in [0.4, 0.5) is 8.78 Å². The van der Waals surface area contributed by atoms with Gasteiger partial charge in [-0.2, -0.15) is 0 Å². The number of halogens is 3. The second kappa shape index (κ2) is 3.53.